The maximum Gasteiger partial charge on any atom is 0.152 e. The molecule has 5 heteroatoms. The highest BCUT2D eigenvalue weighted by atomic mass is 35.5. The summed E-state index contributed by atoms with van der Waals surface area (Å²) in [6, 6.07) is 1.81. The van der Waals surface area contributed by atoms with Crippen molar-refractivity contribution in [3.63, 3.8) is 0 Å². The van der Waals surface area contributed by atoms with Gasteiger partial charge in [0.25, 0.3) is 0 Å². The average Bonchev–Trinajstić information content (AvgIpc) is 2.23. The fourth-order valence-corrected chi connectivity index (χ4v) is 1.69. The van der Waals surface area contributed by atoms with E-state index in [0.717, 1.165) is 22.6 Å². The summed E-state index contributed by atoms with van der Waals surface area (Å²) in [6.45, 7) is 3.76. The molecule has 0 aromatic carbocycles. The van der Waals surface area contributed by atoms with Gasteiger partial charge < -0.3 is 5.73 Å². The van der Waals surface area contributed by atoms with E-state index < -0.39 is 0 Å². The van der Waals surface area contributed by atoms with Gasteiger partial charge in [-0.15, -0.1) is 0 Å². The molecule has 0 aliphatic heterocycles. The van der Waals surface area contributed by atoms with Gasteiger partial charge in [-0.1, -0.05) is 11.6 Å². The van der Waals surface area contributed by atoms with Crippen molar-refractivity contribution in [2.75, 3.05) is 5.73 Å². The van der Waals surface area contributed by atoms with E-state index in [9.17, 15) is 0 Å². The lowest BCUT2D eigenvalue weighted by molar-refractivity contribution is 1.01. The number of halogens is 1. The molecule has 0 amide bonds. The Morgan fingerprint density at radius 2 is 1.94 bits per heavy atom. The molecule has 2 heterocycles. The van der Waals surface area contributed by atoms with E-state index >= 15 is 0 Å². The van der Waals surface area contributed by atoms with E-state index in [-0.39, 0.29) is 0 Å². The van der Waals surface area contributed by atoms with Gasteiger partial charge in [-0.2, -0.15) is 0 Å². The summed E-state index contributed by atoms with van der Waals surface area (Å²) in [7, 11) is 0. The van der Waals surface area contributed by atoms with Crippen molar-refractivity contribution in [1.82, 2.24) is 15.0 Å². The Kier molecular flexibility index (Phi) is 2.75. The highest BCUT2D eigenvalue weighted by Crippen LogP contribution is 2.30. The van der Waals surface area contributed by atoms with Crippen LogP contribution in [0.5, 0.6) is 0 Å². The summed E-state index contributed by atoms with van der Waals surface area (Å²) in [5, 5.41) is 0.303. The first-order chi connectivity index (χ1) is 7.59. The molecule has 0 aliphatic rings. The predicted molar refractivity (Wildman–Crippen MR) is 64.2 cm³/mol. The van der Waals surface area contributed by atoms with Gasteiger partial charge in [-0.3, -0.25) is 0 Å². The Hall–Kier alpha value is -1.68. The fraction of sp³-hybridized carbons (Fsp3) is 0.182. The van der Waals surface area contributed by atoms with Gasteiger partial charge in [0.15, 0.2) is 5.15 Å². The smallest absolute Gasteiger partial charge is 0.152 e. The molecule has 82 valence electrons. The zero-order valence-corrected chi connectivity index (χ0v) is 9.78. The highest BCUT2D eigenvalue weighted by Gasteiger charge is 2.10. The topological polar surface area (TPSA) is 64.7 Å². The molecule has 2 aromatic rings. The Bertz CT molecular complexity index is 540. The van der Waals surface area contributed by atoms with Crippen LogP contribution in [0.25, 0.3) is 11.1 Å². The minimum Gasteiger partial charge on any atom is -0.396 e. The lowest BCUT2D eigenvalue weighted by atomic mass is 10.1. The maximum atomic E-state index is 5.87. The Morgan fingerprint density at radius 1 is 1.19 bits per heavy atom. The lowest BCUT2D eigenvalue weighted by Crippen LogP contribution is -1.98. The van der Waals surface area contributed by atoms with Crippen molar-refractivity contribution < 1.29 is 0 Å². The molecule has 0 aliphatic carbocycles. The van der Waals surface area contributed by atoms with E-state index in [1.807, 2.05) is 19.9 Å². The summed E-state index contributed by atoms with van der Waals surface area (Å²) in [5.74, 6) is 0.736. The molecule has 2 aromatic heterocycles. The summed E-state index contributed by atoms with van der Waals surface area (Å²) in [5.41, 5.74) is 8.90. The largest absolute Gasteiger partial charge is 0.396 e. The number of aryl methyl sites for hydroxylation is 2. The van der Waals surface area contributed by atoms with Crippen LogP contribution in [-0.4, -0.2) is 15.0 Å². The fourth-order valence-electron chi connectivity index (χ4n) is 1.53. The van der Waals surface area contributed by atoms with Crippen LogP contribution in [0.3, 0.4) is 0 Å². The first-order valence-corrected chi connectivity index (χ1v) is 5.18. The zero-order chi connectivity index (χ0) is 11.7. The number of pyridine rings is 1. The minimum absolute atomic E-state index is 0.303. The van der Waals surface area contributed by atoms with Gasteiger partial charge in [0.2, 0.25) is 0 Å². The van der Waals surface area contributed by atoms with E-state index in [2.05, 4.69) is 15.0 Å². The van der Waals surface area contributed by atoms with Gasteiger partial charge in [-0.05, 0) is 19.9 Å². The Balaban J connectivity index is 2.63. The van der Waals surface area contributed by atoms with Gasteiger partial charge in [0, 0.05) is 29.2 Å². The third-order valence-electron chi connectivity index (χ3n) is 2.33. The van der Waals surface area contributed by atoms with Crippen LogP contribution in [-0.2, 0) is 0 Å². The van der Waals surface area contributed by atoms with Crippen LogP contribution < -0.4 is 5.73 Å². The first-order valence-electron chi connectivity index (χ1n) is 4.80. The van der Waals surface area contributed by atoms with Crippen molar-refractivity contribution in [1.29, 1.82) is 0 Å². The number of anilines is 1. The average molecular weight is 235 g/mol. The molecule has 0 unspecified atom stereocenters. The first kappa shape index (κ1) is 10.8. The molecule has 0 saturated heterocycles. The van der Waals surface area contributed by atoms with E-state index in [4.69, 9.17) is 17.3 Å². The number of hydrogen-bond acceptors (Lipinski definition) is 4. The number of nitrogens with zero attached hydrogens (tertiary/aromatic N) is 3. The summed E-state index contributed by atoms with van der Waals surface area (Å²) in [4.78, 5) is 12.4. The standard InChI is InChI=1S/C11H11ClN4/c1-6-9(5-15-7(2)16-6)8-3-4-14-11(12)10(8)13/h3-5H,13H2,1-2H3. The van der Waals surface area contributed by atoms with Gasteiger partial charge in [0.1, 0.15) is 5.82 Å². The van der Waals surface area contributed by atoms with Crippen molar-refractivity contribution in [2.45, 2.75) is 13.8 Å². The SMILES string of the molecule is Cc1ncc(-c2ccnc(Cl)c2N)c(C)n1. The third kappa shape index (κ3) is 1.84. The number of hydrogen-bond donors (Lipinski definition) is 1. The van der Waals surface area contributed by atoms with Crippen molar-refractivity contribution >= 4 is 17.3 Å². The van der Waals surface area contributed by atoms with Crippen molar-refractivity contribution in [3.05, 3.63) is 35.1 Å². The lowest BCUT2D eigenvalue weighted by Gasteiger charge is -2.08. The second kappa shape index (κ2) is 4.06. The predicted octanol–water partition coefficient (Wildman–Crippen LogP) is 2.39. The second-order valence-corrected chi connectivity index (χ2v) is 3.84. The number of aromatic nitrogens is 3. The molecule has 0 spiro atoms. The number of rotatable bonds is 1. The summed E-state index contributed by atoms with van der Waals surface area (Å²) < 4.78 is 0. The van der Waals surface area contributed by atoms with Crippen LogP contribution in [0.2, 0.25) is 5.15 Å². The quantitative estimate of drug-likeness (QED) is 0.770. The minimum atomic E-state index is 0.303. The highest BCUT2D eigenvalue weighted by molar-refractivity contribution is 6.32. The Labute approximate surface area is 98.5 Å². The number of nitrogen functional groups attached to an aromatic ring is 1. The van der Waals surface area contributed by atoms with Crippen LogP contribution >= 0.6 is 11.6 Å². The van der Waals surface area contributed by atoms with Crippen LogP contribution in [0.15, 0.2) is 18.5 Å². The molecular weight excluding hydrogens is 224 g/mol. The van der Waals surface area contributed by atoms with Crippen LogP contribution in [0.1, 0.15) is 11.5 Å². The molecule has 0 bridgehead atoms. The summed E-state index contributed by atoms with van der Waals surface area (Å²) in [6.07, 6.45) is 3.37. The molecule has 0 saturated carbocycles. The molecule has 2 rings (SSSR count). The summed E-state index contributed by atoms with van der Waals surface area (Å²) >= 11 is 5.87. The van der Waals surface area contributed by atoms with E-state index in [0.29, 0.717) is 10.8 Å². The normalized spacial score (nSPS) is 10.4. The van der Waals surface area contributed by atoms with Gasteiger partial charge >= 0.3 is 0 Å². The van der Waals surface area contributed by atoms with Crippen molar-refractivity contribution in [2.24, 2.45) is 0 Å². The molecule has 16 heavy (non-hydrogen) atoms. The molecule has 4 nitrogen and oxygen atoms in total. The van der Waals surface area contributed by atoms with Crippen molar-refractivity contribution in [3.8, 4) is 11.1 Å². The second-order valence-electron chi connectivity index (χ2n) is 3.48. The molecule has 0 atom stereocenters. The van der Waals surface area contributed by atoms with E-state index in [1.54, 1.807) is 12.4 Å². The number of nitrogens with two attached hydrogens (primary N) is 1. The van der Waals surface area contributed by atoms with Crippen LogP contribution in [0, 0.1) is 13.8 Å². The molecular formula is C11H11ClN4. The monoisotopic (exact) mass is 234 g/mol. The van der Waals surface area contributed by atoms with Gasteiger partial charge in [0.05, 0.1) is 5.69 Å². The molecule has 2 N–H and O–H groups in total. The van der Waals surface area contributed by atoms with E-state index in [1.165, 1.54) is 0 Å². The van der Waals surface area contributed by atoms with Gasteiger partial charge in [-0.25, -0.2) is 15.0 Å². The molecule has 0 fully saturated rings. The molecule has 0 radical (unpaired) electrons. The maximum absolute atomic E-state index is 5.87. The van der Waals surface area contributed by atoms with Crippen LogP contribution in [0.4, 0.5) is 5.69 Å². The third-order valence-corrected chi connectivity index (χ3v) is 2.63. The Morgan fingerprint density at radius 3 is 2.62 bits per heavy atom. The zero-order valence-electron chi connectivity index (χ0n) is 9.03.